The Hall–Kier alpha value is -3.72. The van der Waals surface area contributed by atoms with E-state index in [4.69, 9.17) is 0 Å². The second-order valence-electron chi connectivity index (χ2n) is 8.80. The van der Waals surface area contributed by atoms with Gasteiger partial charge in [-0.3, -0.25) is 14.5 Å². The Kier molecular flexibility index (Phi) is 4.43. The molecular weight excluding hydrogens is 394 g/mol. The van der Waals surface area contributed by atoms with Gasteiger partial charge in [0, 0.05) is 11.8 Å². The van der Waals surface area contributed by atoms with Crippen LogP contribution in [0.1, 0.15) is 16.7 Å². The molecule has 4 atom stereocenters. The fourth-order valence-electron chi connectivity index (χ4n) is 5.79. The van der Waals surface area contributed by atoms with Gasteiger partial charge in [-0.05, 0) is 27.8 Å². The number of allylic oxidation sites excluding steroid dienone is 3. The molecule has 3 aliphatic rings. The van der Waals surface area contributed by atoms with Gasteiger partial charge in [0.05, 0.1) is 18.4 Å². The van der Waals surface area contributed by atoms with E-state index in [1.54, 1.807) is 0 Å². The lowest BCUT2D eigenvalue weighted by atomic mass is 9.85. The Morgan fingerprint density at radius 2 is 1.06 bits per heavy atom. The molecule has 3 nitrogen and oxygen atoms in total. The average molecular weight is 418 g/mol. The third-order valence-corrected chi connectivity index (χ3v) is 7.10. The van der Waals surface area contributed by atoms with Crippen molar-refractivity contribution < 1.29 is 9.59 Å². The zero-order chi connectivity index (χ0) is 21.7. The summed E-state index contributed by atoms with van der Waals surface area (Å²) in [4.78, 5) is 28.4. The lowest BCUT2D eigenvalue weighted by Gasteiger charge is -2.21. The van der Waals surface area contributed by atoms with Gasteiger partial charge in [0.2, 0.25) is 11.8 Å². The molecule has 32 heavy (non-hydrogen) atoms. The number of imide groups is 1. The molecule has 0 aromatic heterocycles. The lowest BCUT2D eigenvalue weighted by Crippen LogP contribution is -2.32. The van der Waals surface area contributed by atoms with Crippen LogP contribution < -0.4 is 0 Å². The second kappa shape index (κ2) is 7.45. The summed E-state index contributed by atoms with van der Waals surface area (Å²) in [5.41, 5.74) is 5.63. The zero-order valence-electron chi connectivity index (χ0n) is 17.6. The molecule has 0 radical (unpaired) electrons. The first-order chi connectivity index (χ1) is 15.7. The minimum absolute atomic E-state index is 0.0290. The molecule has 2 fully saturated rings. The van der Waals surface area contributed by atoms with E-state index in [1.807, 2.05) is 66.7 Å². The van der Waals surface area contributed by atoms with Gasteiger partial charge in [0.15, 0.2) is 0 Å². The van der Waals surface area contributed by atoms with Gasteiger partial charge in [-0.25, -0.2) is 0 Å². The minimum atomic E-state index is -0.293. The number of benzene rings is 3. The standard InChI is InChI=1S/C29H23NO2/c31-28-26-22-16-17-23(27(26)29(32)30(28)18-19-10-4-1-5-11-19)25(22)24(20-12-6-2-7-13-20)21-14-8-3-9-15-21/h1-17,22-23,26-27H,18H2/t22-,23-,26-,27-/m0/s1. The van der Waals surface area contributed by atoms with E-state index >= 15 is 0 Å². The molecule has 2 bridgehead atoms. The summed E-state index contributed by atoms with van der Waals surface area (Å²) in [7, 11) is 0. The first kappa shape index (κ1) is 19.0. The topological polar surface area (TPSA) is 37.4 Å². The molecule has 0 spiro atoms. The quantitative estimate of drug-likeness (QED) is 0.437. The Labute approximate surface area is 187 Å². The second-order valence-corrected chi connectivity index (χ2v) is 8.80. The Balaban J connectivity index is 1.44. The van der Waals surface area contributed by atoms with E-state index in [2.05, 4.69) is 36.4 Å². The van der Waals surface area contributed by atoms with Gasteiger partial charge < -0.3 is 0 Å². The third-order valence-electron chi connectivity index (χ3n) is 7.10. The van der Waals surface area contributed by atoms with Crippen LogP contribution in [0.4, 0.5) is 0 Å². The van der Waals surface area contributed by atoms with Gasteiger partial charge in [-0.1, -0.05) is 103 Å². The first-order valence-corrected chi connectivity index (χ1v) is 11.2. The molecule has 2 amide bonds. The molecular formula is C29H23NO2. The number of fused-ring (bicyclic) bond motifs is 5. The van der Waals surface area contributed by atoms with Crippen molar-refractivity contribution >= 4 is 17.4 Å². The first-order valence-electron chi connectivity index (χ1n) is 11.2. The summed E-state index contributed by atoms with van der Waals surface area (Å²) in [6.07, 6.45) is 4.31. The Bertz CT molecular complexity index is 1170. The smallest absolute Gasteiger partial charge is 0.234 e. The van der Waals surface area contributed by atoms with Crippen LogP contribution >= 0.6 is 0 Å². The molecule has 1 saturated carbocycles. The number of rotatable bonds is 4. The Morgan fingerprint density at radius 1 is 0.625 bits per heavy atom. The van der Waals surface area contributed by atoms with Crippen LogP contribution in [0.5, 0.6) is 0 Å². The Morgan fingerprint density at radius 3 is 1.53 bits per heavy atom. The van der Waals surface area contributed by atoms with Crippen LogP contribution in [0.3, 0.4) is 0 Å². The van der Waals surface area contributed by atoms with E-state index in [1.165, 1.54) is 10.5 Å². The van der Waals surface area contributed by atoms with Gasteiger partial charge in [0.25, 0.3) is 0 Å². The summed E-state index contributed by atoms with van der Waals surface area (Å²) in [5.74, 6) is -0.704. The number of carbonyl (C=O) groups is 2. The summed E-state index contributed by atoms with van der Waals surface area (Å²) in [5, 5.41) is 0. The van der Waals surface area contributed by atoms with Gasteiger partial charge in [-0.2, -0.15) is 0 Å². The van der Waals surface area contributed by atoms with Gasteiger partial charge in [0.1, 0.15) is 0 Å². The zero-order valence-corrected chi connectivity index (χ0v) is 17.6. The van der Waals surface area contributed by atoms with Crippen LogP contribution in [0.25, 0.3) is 5.57 Å². The summed E-state index contributed by atoms with van der Waals surface area (Å²) in [6.45, 7) is 0.355. The average Bonchev–Trinajstić information content (AvgIpc) is 3.47. The van der Waals surface area contributed by atoms with Crippen LogP contribution in [-0.2, 0) is 16.1 Å². The number of carbonyl (C=O) groups excluding carboxylic acids is 2. The number of amides is 2. The van der Waals surface area contributed by atoms with Crippen LogP contribution in [-0.4, -0.2) is 16.7 Å². The van der Waals surface area contributed by atoms with Crippen molar-refractivity contribution in [2.75, 3.05) is 0 Å². The number of hydrogen-bond acceptors (Lipinski definition) is 2. The van der Waals surface area contributed by atoms with Crippen LogP contribution in [0.15, 0.2) is 109 Å². The predicted molar refractivity (Wildman–Crippen MR) is 124 cm³/mol. The SMILES string of the molecule is O=C1[C@@H]2[C@@H](C(=O)N1Cc1ccccc1)[C@H]1C=C[C@H]2C1=C(c1ccccc1)c1ccccc1. The maximum absolute atomic E-state index is 13.5. The molecule has 156 valence electrons. The van der Waals surface area contributed by atoms with E-state index in [-0.39, 0.29) is 35.5 Å². The number of hydrogen-bond donors (Lipinski definition) is 0. The maximum atomic E-state index is 13.5. The molecule has 1 aliphatic heterocycles. The van der Waals surface area contributed by atoms with Crippen LogP contribution in [0, 0.1) is 23.7 Å². The molecule has 0 unspecified atom stereocenters. The fourth-order valence-corrected chi connectivity index (χ4v) is 5.79. The highest BCUT2D eigenvalue weighted by Gasteiger charge is 2.62. The van der Waals surface area contributed by atoms with Crippen molar-refractivity contribution in [2.24, 2.45) is 23.7 Å². The summed E-state index contributed by atoms with van der Waals surface area (Å²) < 4.78 is 0. The van der Waals surface area contributed by atoms with E-state index in [9.17, 15) is 9.59 Å². The highest BCUT2D eigenvalue weighted by molar-refractivity contribution is 6.08. The predicted octanol–water partition coefficient (Wildman–Crippen LogP) is 5.11. The molecule has 6 rings (SSSR count). The van der Waals surface area contributed by atoms with E-state index in [0.717, 1.165) is 22.3 Å². The largest absolute Gasteiger partial charge is 0.278 e. The van der Waals surface area contributed by atoms with Crippen molar-refractivity contribution in [1.29, 1.82) is 0 Å². The van der Waals surface area contributed by atoms with Crippen LogP contribution in [0.2, 0.25) is 0 Å². The number of nitrogens with zero attached hydrogens (tertiary/aromatic N) is 1. The minimum Gasteiger partial charge on any atom is -0.278 e. The van der Waals surface area contributed by atoms with Crippen molar-refractivity contribution in [3.05, 3.63) is 125 Å². The normalized spacial score (nSPS) is 25.5. The lowest BCUT2D eigenvalue weighted by molar-refractivity contribution is -0.141. The highest BCUT2D eigenvalue weighted by atomic mass is 16.2. The van der Waals surface area contributed by atoms with Crippen molar-refractivity contribution in [1.82, 2.24) is 4.90 Å². The third kappa shape index (κ3) is 2.81. The van der Waals surface area contributed by atoms with E-state index < -0.39 is 0 Å². The molecule has 3 aromatic rings. The van der Waals surface area contributed by atoms with Crippen molar-refractivity contribution in [3.63, 3.8) is 0 Å². The maximum Gasteiger partial charge on any atom is 0.234 e. The van der Waals surface area contributed by atoms with Gasteiger partial charge >= 0.3 is 0 Å². The molecule has 3 heteroatoms. The van der Waals surface area contributed by atoms with Gasteiger partial charge in [-0.15, -0.1) is 0 Å². The van der Waals surface area contributed by atoms with Crippen molar-refractivity contribution in [2.45, 2.75) is 6.54 Å². The highest BCUT2D eigenvalue weighted by Crippen LogP contribution is 2.58. The molecule has 1 heterocycles. The summed E-state index contributed by atoms with van der Waals surface area (Å²) >= 11 is 0. The van der Waals surface area contributed by atoms with Crippen molar-refractivity contribution in [3.8, 4) is 0 Å². The molecule has 0 N–H and O–H groups in total. The molecule has 3 aromatic carbocycles. The number of likely N-dealkylation sites (tertiary alicyclic amines) is 1. The monoisotopic (exact) mass is 417 g/mol. The molecule has 1 saturated heterocycles. The summed E-state index contributed by atoms with van der Waals surface area (Å²) in [6, 6.07) is 30.5. The van der Waals surface area contributed by atoms with E-state index in [0.29, 0.717) is 6.54 Å². The fraction of sp³-hybridized carbons (Fsp3) is 0.172. The molecule has 2 aliphatic carbocycles.